The highest BCUT2D eigenvalue weighted by molar-refractivity contribution is 7.15. The van der Waals surface area contributed by atoms with Crippen LogP contribution >= 0.6 is 11.3 Å². The van der Waals surface area contributed by atoms with Crippen LogP contribution in [0.3, 0.4) is 0 Å². The summed E-state index contributed by atoms with van der Waals surface area (Å²) in [6.07, 6.45) is 0.344. The predicted molar refractivity (Wildman–Crippen MR) is 122 cm³/mol. The van der Waals surface area contributed by atoms with Gasteiger partial charge in [0, 0.05) is 34.9 Å². The minimum absolute atomic E-state index is 0.0376. The van der Waals surface area contributed by atoms with Crippen molar-refractivity contribution in [2.24, 2.45) is 5.73 Å². The lowest BCUT2D eigenvalue weighted by molar-refractivity contribution is -0.144. The Labute approximate surface area is 184 Å². The highest BCUT2D eigenvalue weighted by Crippen LogP contribution is 2.33. The van der Waals surface area contributed by atoms with E-state index >= 15 is 0 Å². The lowest BCUT2D eigenvalue weighted by Crippen LogP contribution is -2.41. The number of methoxy groups -OCH3 is 1. The molecule has 1 unspecified atom stereocenters. The van der Waals surface area contributed by atoms with Gasteiger partial charge in [-0.3, -0.25) is 10.2 Å². The Balaban J connectivity index is 1.80. The Morgan fingerprint density at radius 2 is 1.74 bits per heavy atom. The van der Waals surface area contributed by atoms with E-state index in [2.05, 4.69) is 5.32 Å². The van der Waals surface area contributed by atoms with Gasteiger partial charge in [0.25, 0.3) is 0 Å². The number of amidine groups is 1. The van der Waals surface area contributed by atoms with Gasteiger partial charge < -0.3 is 15.8 Å². The molecule has 1 heterocycles. The molecule has 7 nitrogen and oxygen atoms in total. The molecule has 1 amide bonds. The number of thiazole rings is 1. The number of nitrogens with two attached hydrogens (primary N) is 1. The second kappa shape index (κ2) is 9.53. The van der Waals surface area contributed by atoms with E-state index in [-0.39, 0.29) is 11.7 Å². The van der Waals surface area contributed by atoms with Crippen molar-refractivity contribution in [1.82, 2.24) is 10.3 Å². The molecule has 0 aliphatic rings. The normalized spacial score (nSPS) is 11.6. The number of hydrogen-bond acceptors (Lipinski definition) is 6. The minimum Gasteiger partial charge on any atom is -0.467 e. The summed E-state index contributed by atoms with van der Waals surface area (Å²) >= 11 is 1.60. The average molecular weight is 437 g/mol. The summed E-state index contributed by atoms with van der Waals surface area (Å²) in [5.74, 6) is -0.723. The molecule has 160 valence electrons. The lowest BCUT2D eigenvalue weighted by atomic mass is 10.0. The SMILES string of the molecule is COC(=O)C(Cc1ccc(-c2nc(-c3ccc(C(=N)N)cc3)sc2C)cc1)NC(C)=O. The van der Waals surface area contributed by atoms with Crippen molar-refractivity contribution in [1.29, 1.82) is 5.41 Å². The van der Waals surface area contributed by atoms with Crippen LogP contribution < -0.4 is 11.1 Å². The van der Waals surface area contributed by atoms with Gasteiger partial charge in [0.1, 0.15) is 16.9 Å². The number of nitrogens with one attached hydrogen (secondary N) is 2. The maximum absolute atomic E-state index is 11.9. The molecule has 0 aliphatic carbocycles. The summed E-state index contributed by atoms with van der Waals surface area (Å²) in [5, 5.41) is 11.0. The van der Waals surface area contributed by atoms with E-state index in [1.54, 1.807) is 11.3 Å². The maximum atomic E-state index is 11.9. The van der Waals surface area contributed by atoms with Gasteiger partial charge in [-0.05, 0) is 12.5 Å². The number of carbonyl (C=O) groups is 2. The molecule has 1 aromatic heterocycles. The van der Waals surface area contributed by atoms with E-state index < -0.39 is 12.0 Å². The molecule has 4 N–H and O–H groups in total. The number of ether oxygens (including phenoxy) is 1. The third kappa shape index (κ3) is 5.35. The van der Waals surface area contributed by atoms with Crippen LogP contribution in [0.15, 0.2) is 48.5 Å². The monoisotopic (exact) mass is 436 g/mol. The van der Waals surface area contributed by atoms with Gasteiger partial charge in [-0.2, -0.15) is 0 Å². The van der Waals surface area contributed by atoms with Crippen molar-refractivity contribution in [2.45, 2.75) is 26.3 Å². The quantitative estimate of drug-likeness (QED) is 0.298. The zero-order valence-electron chi connectivity index (χ0n) is 17.6. The number of nitrogens with zero attached hydrogens (tertiary/aromatic N) is 1. The maximum Gasteiger partial charge on any atom is 0.328 e. The standard InChI is InChI=1S/C23H24N4O3S/c1-13-20(27-22(31-13)18-10-8-17(9-11-18)21(24)25)16-6-4-15(5-7-16)12-19(23(29)30-3)26-14(2)28/h4-11,19H,12H2,1-3H3,(H3,24,25)(H,26,28). The van der Waals surface area contributed by atoms with E-state index in [1.165, 1.54) is 14.0 Å². The minimum atomic E-state index is -0.723. The van der Waals surface area contributed by atoms with Crippen LogP contribution in [-0.4, -0.2) is 35.8 Å². The van der Waals surface area contributed by atoms with Crippen LogP contribution in [-0.2, 0) is 20.7 Å². The van der Waals surface area contributed by atoms with Crippen molar-refractivity contribution in [3.63, 3.8) is 0 Å². The van der Waals surface area contributed by atoms with Crippen LogP contribution in [0.5, 0.6) is 0 Å². The molecule has 0 saturated heterocycles. The van der Waals surface area contributed by atoms with E-state index in [0.29, 0.717) is 12.0 Å². The molecule has 3 rings (SSSR count). The number of aryl methyl sites for hydroxylation is 1. The van der Waals surface area contributed by atoms with E-state index in [0.717, 1.165) is 32.3 Å². The Hall–Kier alpha value is -3.52. The second-order valence-electron chi connectivity index (χ2n) is 7.09. The summed E-state index contributed by atoms with van der Waals surface area (Å²) in [7, 11) is 1.30. The number of nitrogen functional groups attached to an aromatic ring is 1. The first-order valence-corrected chi connectivity index (χ1v) is 10.5. The van der Waals surface area contributed by atoms with Gasteiger partial charge >= 0.3 is 5.97 Å². The smallest absolute Gasteiger partial charge is 0.328 e. The van der Waals surface area contributed by atoms with Gasteiger partial charge in [0.2, 0.25) is 5.91 Å². The summed E-state index contributed by atoms with van der Waals surface area (Å²) in [6.45, 7) is 3.40. The number of rotatable bonds is 7. The van der Waals surface area contributed by atoms with Crippen LogP contribution in [0.2, 0.25) is 0 Å². The molecule has 0 saturated carbocycles. The van der Waals surface area contributed by atoms with Gasteiger partial charge in [-0.15, -0.1) is 11.3 Å². The molecule has 1 atom stereocenters. The fourth-order valence-corrected chi connectivity index (χ4v) is 4.14. The molecular weight excluding hydrogens is 412 g/mol. The summed E-state index contributed by atoms with van der Waals surface area (Å²) in [4.78, 5) is 29.2. The van der Waals surface area contributed by atoms with Crippen molar-refractivity contribution < 1.29 is 14.3 Å². The third-order valence-corrected chi connectivity index (χ3v) is 5.79. The topological polar surface area (TPSA) is 118 Å². The molecular formula is C23H24N4O3S. The van der Waals surface area contributed by atoms with Gasteiger partial charge in [-0.25, -0.2) is 9.78 Å². The zero-order valence-corrected chi connectivity index (χ0v) is 18.4. The molecule has 0 bridgehead atoms. The van der Waals surface area contributed by atoms with Crippen LogP contribution in [0, 0.1) is 12.3 Å². The molecule has 2 aromatic carbocycles. The molecule has 0 aliphatic heterocycles. The van der Waals surface area contributed by atoms with Gasteiger partial charge in [0.05, 0.1) is 12.8 Å². The van der Waals surface area contributed by atoms with Crippen molar-refractivity contribution in [2.75, 3.05) is 7.11 Å². The first-order valence-electron chi connectivity index (χ1n) is 9.65. The number of amides is 1. The lowest BCUT2D eigenvalue weighted by Gasteiger charge is -2.15. The molecule has 31 heavy (non-hydrogen) atoms. The fraction of sp³-hybridized carbons (Fsp3) is 0.217. The number of benzene rings is 2. The van der Waals surface area contributed by atoms with Crippen LogP contribution in [0.1, 0.15) is 22.9 Å². The number of aromatic nitrogens is 1. The fourth-order valence-electron chi connectivity index (χ4n) is 3.20. The van der Waals surface area contributed by atoms with Crippen molar-refractivity contribution in [3.05, 3.63) is 64.5 Å². The summed E-state index contributed by atoms with van der Waals surface area (Å²) in [5.41, 5.74) is 9.94. The van der Waals surface area contributed by atoms with E-state index in [1.807, 2.05) is 55.5 Å². The van der Waals surface area contributed by atoms with Gasteiger partial charge in [-0.1, -0.05) is 48.5 Å². The van der Waals surface area contributed by atoms with Gasteiger partial charge in [0.15, 0.2) is 0 Å². The van der Waals surface area contributed by atoms with Crippen molar-refractivity contribution >= 4 is 29.0 Å². The second-order valence-corrected chi connectivity index (χ2v) is 8.30. The van der Waals surface area contributed by atoms with Crippen molar-refractivity contribution in [3.8, 4) is 21.8 Å². The third-order valence-electron chi connectivity index (χ3n) is 4.77. The Morgan fingerprint density at radius 3 is 2.29 bits per heavy atom. The highest BCUT2D eigenvalue weighted by atomic mass is 32.1. The first-order chi connectivity index (χ1) is 14.8. The predicted octanol–water partition coefficient (Wildman–Crippen LogP) is 3.29. The molecule has 0 spiro atoms. The Morgan fingerprint density at radius 1 is 1.13 bits per heavy atom. The van der Waals surface area contributed by atoms with E-state index in [9.17, 15) is 9.59 Å². The highest BCUT2D eigenvalue weighted by Gasteiger charge is 2.20. The largest absolute Gasteiger partial charge is 0.467 e. The van der Waals surface area contributed by atoms with E-state index in [4.69, 9.17) is 20.9 Å². The Kier molecular flexibility index (Phi) is 6.81. The molecule has 3 aromatic rings. The summed E-state index contributed by atoms with van der Waals surface area (Å²) in [6, 6.07) is 14.5. The molecule has 0 fully saturated rings. The van der Waals surface area contributed by atoms with Crippen LogP contribution in [0.4, 0.5) is 0 Å². The first kappa shape index (κ1) is 22.2. The number of hydrogen-bond donors (Lipinski definition) is 3. The molecule has 0 radical (unpaired) electrons. The summed E-state index contributed by atoms with van der Waals surface area (Å²) < 4.78 is 4.78. The Bertz CT molecular complexity index is 1100. The number of esters is 1. The van der Waals surface area contributed by atoms with Crippen LogP contribution in [0.25, 0.3) is 21.8 Å². The number of carbonyl (C=O) groups excluding carboxylic acids is 2. The molecule has 8 heteroatoms. The average Bonchev–Trinajstić information content (AvgIpc) is 3.14. The zero-order chi connectivity index (χ0) is 22.5.